The summed E-state index contributed by atoms with van der Waals surface area (Å²) in [6.07, 6.45) is 3.35. The van der Waals surface area contributed by atoms with Crippen molar-refractivity contribution in [2.45, 2.75) is 39.2 Å². The molecule has 0 saturated heterocycles. The van der Waals surface area contributed by atoms with E-state index in [9.17, 15) is 4.79 Å². The highest BCUT2D eigenvalue weighted by molar-refractivity contribution is 6.31. The molecule has 0 bridgehead atoms. The zero-order valence-corrected chi connectivity index (χ0v) is 11.6. The molecule has 1 fully saturated rings. The van der Waals surface area contributed by atoms with E-state index in [1.54, 1.807) is 18.2 Å². The fourth-order valence-corrected chi connectivity index (χ4v) is 2.82. The molecule has 1 aromatic rings. The first kappa shape index (κ1) is 13.2. The van der Waals surface area contributed by atoms with Crippen LogP contribution in [0.3, 0.4) is 0 Å². The van der Waals surface area contributed by atoms with Crippen LogP contribution in [0.1, 0.15) is 43.5 Å². The molecule has 4 heteroatoms. The van der Waals surface area contributed by atoms with Crippen molar-refractivity contribution in [3.63, 3.8) is 0 Å². The molecule has 2 rings (SSSR count). The Kier molecular flexibility index (Phi) is 3.53. The van der Waals surface area contributed by atoms with Gasteiger partial charge in [0.2, 0.25) is 0 Å². The fourth-order valence-electron chi connectivity index (χ4n) is 2.58. The number of hydrogen-bond acceptors (Lipinski definition) is 2. The number of anilines is 1. The molecule has 1 saturated carbocycles. The number of amides is 1. The van der Waals surface area contributed by atoms with Crippen molar-refractivity contribution in [2.75, 3.05) is 5.73 Å². The zero-order valence-electron chi connectivity index (χ0n) is 10.8. The third kappa shape index (κ3) is 2.78. The molecule has 0 radical (unpaired) electrons. The Labute approximate surface area is 113 Å². The average Bonchev–Trinajstić information content (AvgIpc) is 2.57. The monoisotopic (exact) mass is 266 g/mol. The van der Waals surface area contributed by atoms with Gasteiger partial charge in [-0.25, -0.2) is 0 Å². The lowest BCUT2D eigenvalue weighted by molar-refractivity contribution is 0.0910. The van der Waals surface area contributed by atoms with Crippen molar-refractivity contribution < 1.29 is 4.79 Å². The van der Waals surface area contributed by atoms with Gasteiger partial charge in [-0.1, -0.05) is 31.9 Å². The van der Waals surface area contributed by atoms with Gasteiger partial charge in [0.1, 0.15) is 0 Å². The van der Waals surface area contributed by atoms with E-state index in [1.165, 1.54) is 0 Å². The lowest BCUT2D eigenvalue weighted by Crippen LogP contribution is -2.41. The average molecular weight is 267 g/mol. The van der Waals surface area contributed by atoms with Gasteiger partial charge in [0.15, 0.2) is 0 Å². The minimum Gasteiger partial charge on any atom is -0.399 e. The molecule has 0 aliphatic heterocycles. The summed E-state index contributed by atoms with van der Waals surface area (Å²) >= 11 is 5.91. The first-order chi connectivity index (χ1) is 8.38. The molecule has 3 nitrogen and oxygen atoms in total. The van der Waals surface area contributed by atoms with Gasteiger partial charge in [0, 0.05) is 22.3 Å². The topological polar surface area (TPSA) is 55.1 Å². The zero-order chi connectivity index (χ0) is 13.3. The SMILES string of the molecule is CC1(C)CCCC1NC(=O)c1cc(N)cc(Cl)c1. The lowest BCUT2D eigenvalue weighted by Gasteiger charge is -2.27. The van der Waals surface area contributed by atoms with Gasteiger partial charge in [-0.3, -0.25) is 4.79 Å². The van der Waals surface area contributed by atoms with E-state index in [1.807, 2.05) is 0 Å². The Bertz CT molecular complexity index is 451. The van der Waals surface area contributed by atoms with Crippen molar-refractivity contribution in [1.82, 2.24) is 5.32 Å². The smallest absolute Gasteiger partial charge is 0.251 e. The van der Waals surface area contributed by atoms with Crippen LogP contribution in [-0.2, 0) is 0 Å². The third-order valence-electron chi connectivity index (χ3n) is 3.74. The normalized spacial score (nSPS) is 21.8. The quantitative estimate of drug-likeness (QED) is 0.808. The number of hydrogen-bond donors (Lipinski definition) is 2. The predicted molar refractivity (Wildman–Crippen MR) is 74.8 cm³/mol. The largest absolute Gasteiger partial charge is 0.399 e. The Morgan fingerprint density at radius 3 is 2.72 bits per heavy atom. The van der Waals surface area contributed by atoms with Gasteiger partial charge in [-0.2, -0.15) is 0 Å². The van der Waals surface area contributed by atoms with Crippen LogP contribution in [0.25, 0.3) is 0 Å². The second-order valence-electron chi connectivity index (χ2n) is 5.68. The van der Waals surface area contributed by atoms with Crippen molar-refractivity contribution in [2.24, 2.45) is 5.41 Å². The molecule has 0 spiro atoms. The van der Waals surface area contributed by atoms with Gasteiger partial charge in [0.25, 0.3) is 5.91 Å². The third-order valence-corrected chi connectivity index (χ3v) is 3.96. The fraction of sp³-hybridized carbons (Fsp3) is 0.500. The molecule has 1 aliphatic rings. The minimum absolute atomic E-state index is 0.0934. The van der Waals surface area contributed by atoms with E-state index in [2.05, 4.69) is 19.2 Å². The van der Waals surface area contributed by atoms with Crippen LogP contribution in [0.4, 0.5) is 5.69 Å². The van der Waals surface area contributed by atoms with Crippen LogP contribution in [-0.4, -0.2) is 11.9 Å². The van der Waals surface area contributed by atoms with Crippen LogP contribution in [0.2, 0.25) is 5.02 Å². The number of carbonyl (C=O) groups excluding carboxylic acids is 1. The van der Waals surface area contributed by atoms with Crippen molar-refractivity contribution in [3.05, 3.63) is 28.8 Å². The molecule has 0 aromatic heterocycles. The summed E-state index contributed by atoms with van der Waals surface area (Å²) in [7, 11) is 0. The summed E-state index contributed by atoms with van der Waals surface area (Å²) in [5, 5.41) is 3.58. The first-order valence-corrected chi connectivity index (χ1v) is 6.63. The summed E-state index contributed by atoms with van der Waals surface area (Å²) < 4.78 is 0. The summed E-state index contributed by atoms with van der Waals surface area (Å²) in [5.41, 5.74) is 6.90. The highest BCUT2D eigenvalue weighted by atomic mass is 35.5. The first-order valence-electron chi connectivity index (χ1n) is 6.25. The summed E-state index contributed by atoms with van der Waals surface area (Å²) in [6.45, 7) is 4.38. The molecule has 3 N–H and O–H groups in total. The van der Waals surface area contributed by atoms with Crippen LogP contribution in [0.5, 0.6) is 0 Å². The van der Waals surface area contributed by atoms with Gasteiger partial charge < -0.3 is 11.1 Å². The molecule has 1 unspecified atom stereocenters. The maximum absolute atomic E-state index is 12.2. The van der Waals surface area contributed by atoms with E-state index in [0.717, 1.165) is 19.3 Å². The number of nitrogens with one attached hydrogen (secondary N) is 1. The Hall–Kier alpha value is -1.22. The molecule has 98 valence electrons. The minimum atomic E-state index is -0.0934. The van der Waals surface area contributed by atoms with E-state index >= 15 is 0 Å². The number of benzene rings is 1. The molecule has 0 heterocycles. The molecule has 1 amide bonds. The van der Waals surface area contributed by atoms with E-state index in [0.29, 0.717) is 16.3 Å². The van der Waals surface area contributed by atoms with E-state index in [-0.39, 0.29) is 17.4 Å². The van der Waals surface area contributed by atoms with Crippen LogP contribution in [0.15, 0.2) is 18.2 Å². The second-order valence-corrected chi connectivity index (χ2v) is 6.12. The molecular formula is C14H19ClN2O. The molecule has 18 heavy (non-hydrogen) atoms. The van der Waals surface area contributed by atoms with E-state index < -0.39 is 0 Å². The molecule has 1 aliphatic carbocycles. The standard InChI is InChI=1S/C14H19ClN2O/c1-14(2)5-3-4-12(14)17-13(18)9-6-10(15)8-11(16)7-9/h6-8,12H,3-5,16H2,1-2H3,(H,17,18). The molecule has 1 aromatic carbocycles. The van der Waals surface area contributed by atoms with Gasteiger partial charge in [-0.15, -0.1) is 0 Å². The number of nitrogen functional groups attached to an aromatic ring is 1. The Balaban J connectivity index is 2.12. The van der Waals surface area contributed by atoms with Gasteiger partial charge in [-0.05, 0) is 36.5 Å². The van der Waals surface area contributed by atoms with E-state index in [4.69, 9.17) is 17.3 Å². The molecule has 1 atom stereocenters. The van der Waals surface area contributed by atoms with Crippen molar-refractivity contribution >= 4 is 23.2 Å². The highest BCUT2D eigenvalue weighted by Gasteiger charge is 2.35. The lowest BCUT2D eigenvalue weighted by atomic mass is 9.87. The Morgan fingerprint density at radius 2 is 2.17 bits per heavy atom. The number of halogens is 1. The summed E-state index contributed by atoms with van der Waals surface area (Å²) in [5.74, 6) is -0.0934. The second kappa shape index (κ2) is 4.81. The highest BCUT2D eigenvalue weighted by Crippen LogP contribution is 2.37. The number of rotatable bonds is 2. The van der Waals surface area contributed by atoms with Crippen molar-refractivity contribution in [1.29, 1.82) is 0 Å². The summed E-state index contributed by atoms with van der Waals surface area (Å²) in [6, 6.07) is 5.17. The van der Waals surface area contributed by atoms with Gasteiger partial charge >= 0.3 is 0 Å². The number of carbonyl (C=O) groups is 1. The predicted octanol–water partition coefficient (Wildman–Crippen LogP) is 3.23. The Morgan fingerprint density at radius 1 is 1.44 bits per heavy atom. The maximum atomic E-state index is 12.2. The van der Waals surface area contributed by atoms with Gasteiger partial charge in [0.05, 0.1) is 0 Å². The number of nitrogens with two attached hydrogens (primary N) is 1. The maximum Gasteiger partial charge on any atom is 0.251 e. The summed E-state index contributed by atoms with van der Waals surface area (Å²) in [4.78, 5) is 12.2. The molecular weight excluding hydrogens is 248 g/mol. The van der Waals surface area contributed by atoms with Crippen molar-refractivity contribution in [3.8, 4) is 0 Å². The van der Waals surface area contributed by atoms with Crippen LogP contribution >= 0.6 is 11.6 Å². The van der Waals surface area contributed by atoms with Crippen LogP contribution < -0.4 is 11.1 Å². The van der Waals surface area contributed by atoms with Crippen LogP contribution in [0, 0.1) is 5.41 Å².